The number of carbonyl (C=O) groups is 2. The SMILES string of the molecule is CC(C)CN(C(O)(CCNC(=O)CC(C)CNC(=O)CN(C)C)Cc1ccccc1)S(=O)(=O)c1ccc2ncsc2c1. The molecule has 1 aromatic heterocycles. The van der Waals surface area contributed by atoms with Crippen molar-refractivity contribution in [2.24, 2.45) is 11.8 Å². The molecule has 3 N–H and O–H groups in total. The van der Waals surface area contributed by atoms with E-state index in [1.807, 2.05) is 65.2 Å². The first kappa shape index (κ1) is 33.6. The van der Waals surface area contributed by atoms with Gasteiger partial charge in [0.2, 0.25) is 21.8 Å². The lowest BCUT2D eigenvalue weighted by molar-refractivity contribution is -0.124. The van der Waals surface area contributed by atoms with Gasteiger partial charge in [0.25, 0.3) is 0 Å². The molecule has 0 fully saturated rings. The van der Waals surface area contributed by atoms with Crippen molar-refractivity contribution in [3.8, 4) is 0 Å². The van der Waals surface area contributed by atoms with E-state index in [1.165, 1.54) is 21.7 Å². The molecule has 230 valence electrons. The Morgan fingerprint density at radius 3 is 2.43 bits per heavy atom. The highest BCUT2D eigenvalue weighted by Gasteiger charge is 2.43. The fourth-order valence-corrected chi connectivity index (χ4v) is 7.31. The zero-order chi connectivity index (χ0) is 30.9. The minimum Gasteiger partial charge on any atom is -0.374 e. The molecule has 0 saturated heterocycles. The molecule has 42 heavy (non-hydrogen) atoms. The van der Waals surface area contributed by atoms with Crippen molar-refractivity contribution in [1.29, 1.82) is 0 Å². The van der Waals surface area contributed by atoms with E-state index in [2.05, 4.69) is 15.6 Å². The Hall–Kier alpha value is -2.90. The molecule has 2 amide bonds. The minimum atomic E-state index is -4.13. The number of rotatable bonds is 16. The zero-order valence-electron chi connectivity index (χ0n) is 25.0. The molecule has 3 aromatic rings. The molecular formula is C30H43N5O5S2. The molecule has 1 heterocycles. The Morgan fingerprint density at radius 2 is 1.76 bits per heavy atom. The molecule has 0 aliphatic rings. The van der Waals surface area contributed by atoms with Crippen molar-refractivity contribution in [3.63, 3.8) is 0 Å². The molecule has 10 nitrogen and oxygen atoms in total. The fraction of sp³-hybridized carbons (Fsp3) is 0.500. The van der Waals surface area contributed by atoms with Gasteiger partial charge in [-0.15, -0.1) is 11.3 Å². The minimum absolute atomic E-state index is 0.0175. The lowest BCUT2D eigenvalue weighted by atomic mass is 9.98. The van der Waals surface area contributed by atoms with E-state index < -0.39 is 15.7 Å². The molecule has 0 spiro atoms. The number of benzene rings is 2. The standard InChI is InChI=1S/C30H43N5O5S2/c1-22(2)19-35(42(39,40)25-11-12-26-27(16-25)41-21-33-26)30(38,17-24-9-7-6-8-10-24)13-14-31-28(36)15-23(3)18-32-29(37)20-34(4)5/h6-12,16,21-23,38H,13-15,17-20H2,1-5H3,(H,31,36)(H,32,37). The first-order valence-corrected chi connectivity index (χ1v) is 16.4. The summed E-state index contributed by atoms with van der Waals surface area (Å²) >= 11 is 1.35. The highest BCUT2D eigenvalue weighted by Crippen LogP contribution is 2.32. The van der Waals surface area contributed by atoms with Crippen molar-refractivity contribution in [2.75, 3.05) is 40.3 Å². The average molecular weight is 618 g/mol. The number of hydrogen-bond donors (Lipinski definition) is 3. The van der Waals surface area contributed by atoms with Crippen molar-refractivity contribution in [1.82, 2.24) is 24.8 Å². The van der Waals surface area contributed by atoms with E-state index in [-0.39, 0.29) is 67.4 Å². The maximum atomic E-state index is 14.1. The van der Waals surface area contributed by atoms with Crippen LogP contribution >= 0.6 is 11.3 Å². The summed E-state index contributed by atoms with van der Waals surface area (Å²) in [5, 5.41) is 17.9. The van der Waals surface area contributed by atoms with E-state index in [1.54, 1.807) is 22.5 Å². The van der Waals surface area contributed by atoms with Crippen molar-refractivity contribution in [2.45, 2.75) is 50.7 Å². The number of fused-ring (bicyclic) bond motifs is 1. The second kappa shape index (κ2) is 15.0. The Balaban J connectivity index is 1.79. The average Bonchev–Trinajstić information content (AvgIpc) is 3.39. The van der Waals surface area contributed by atoms with Gasteiger partial charge in [0.15, 0.2) is 0 Å². The van der Waals surface area contributed by atoms with Crippen LogP contribution in [0.2, 0.25) is 0 Å². The van der Waals surface area contributed by atoms with Gasteiger partial charge in [-0.1, -0.05) is 51.1 Å². The van der Waals surface area contributed by atoms with Crippen LogP contribution in [0.25, 0.3) is 10.2 Å². The largest absolute Gasteiger partial charge is 0.374 e. The van der Waals surface area contributed by atoms with E-state index in [0.29, 0.717) is 12.1 Å². The van der Waals surface area contributed by atoms with Crippen molar-refractivity contribution < 1.29 is 23.1 Å². The number of sulfonamides is 1. The number of hydrogen-bond acceptors (Lipinski definition) is 8. The van der Waals surface area contributed by atoms with Gasteiger partial charge in [0, 0.05) is 38.9 Å². The van der Waals surface area contributed by atoms with Crippen LogP contribution in [-0.2, 0) is 26.0 Å². The van der Waals surface area contributed by atoms with Crippen LogP contribution in [0.15, 0.2) is 58.9 Å². The summed E-state index contributed by atoms with van der Waals surface area (Å²) in [7, 11) is -0.515. The monoisotopic (exact) mass is 617 g/mol. The summed E-state index contributed by atoms with van der Waals surface area (Å²) in [6.45, 7) is 6.47. The molecule has 0 saturated carbocycles. The van der Waals surface area contributed by atoms with Gasteiger partial charge in [-0.2, -0.15) is 4.31 Å². The summed E-state index contributed by atoms with van der Waals surface area (Å²) in [6.07, 6.45) is 0.214. The van der Waals surface area contributed by atoms with Crippen LogP contribution < -0.4 is 10.6 Å². The van der Waals surface area contributed by atoms with Crippen molar-refractivity contribution >= 4 is 43.4 Å². The lowest BCUT2D eigenvalue weighted by Gasteiger charge is -2.40. The first-order valence-electron chi connectivity index (χ1n) is 14.1. The summed E-state index contributed by atoms with van der Waals surface area (Å²) in [6, 6.07) is 14.0. The van der Waals surface area contributed by atoms with Gasteiger partial charge < -0.3 is 20.6 Å². The number of aromatic nitrogens is 1. The zero-order valence-corrected chi connectivity index (χ0v) is 26.7. The molecule has 2 unspecified atom stereocenters. The first-order chi connectivity index (χ1) is 19.8. The Labute approximate surface area is 253 Å². The third-order valence-electron chi connectivity index (χ3n) is 6.70. The third kappa shape index (κ3) is 9.56. The molecule has 0 bridgehead atoms. The molecule has 0 aliphatic heterocycles. The molecule has 0 aliphatic carbocycles. The highest BCUT2D eigenvalue weighted by atomic mass is 32.2. The quantitative estimate of drug-likeness (QED) is 0.211. The topological polar surface area (TPSA) is 132 Å². The maximum absolute atomic E-state index is 14.1. The number of thiazole rings is 1. The van der Waals surface area contributed by atoms with Gasteiger partial charge in [0.05, 0.1) is 27.2 Å². The molecular weight excluding hydrogens is 574 g/mol. The van der Waals surface area contributed by atoms with Crippen LogP contribution in [0.5, 0.6) is 0 Å². The molecule has 2 aromatic carbocycles. The second-order valence-electron chi connectivity index (χ2n) is 11.5. The third-order valence-corrected chi connectivity index (χ3v) is 9.42. The normalized spacial score (nSPS) is 14.3. The second-order valence-corrected chi connectivity index (χ2v) is 14.3. The lowest BCUT2D eigenvalue weighted by Crippen LogP contribution is -2.55. The van der Waals surface area contributed by atoms with Crippen LogP contribution in [0.1, 0.15) is 39.2 Å². The van der Waals surface area contributed by atoms with E-state index in [0.717, 1.165) is 10.3 Å². The van der Waals surface area contributed by atoms with Crippen molar-refractivity contribution in [3.05, 3.63) is 59.6 Å². The van der Waals surface area contributed by atoms with Gasteiger partial charge in [-0.25, -0.2) is 13.4 Å². The fourth-order valence-electron chi connectivity index (χ4n) is 4.66. The Kier molecular flexibility index (Phi) is 12.0. The van der Waals surface area contributed by atoms with Gasteiger partial charge in [0.1, 0.15) is 5.72 Å². The molecule has 2 atom stereocenters. The molecule has 3 rings (SSSR count). The highest BCUT2D eigenvalue weighted by molar-refractivity contribution is 7.89. The van der Waals surface area contributed by atoms with Crippen LogP contribution in [0.3, 0.4) is 0 Å². The summed E-state index contributed by atoms with van der Waals surface area (Å²) in [5.41, 5.74) is 1.34. The number of carbonyl (C=O) groups excluding carboxylic acids is 2. The summed E-state index contributed by atoms with van der Waals surface area (Å²) in [4.78, 5) is 30.7. The number of amides is 2. The number of aliphatic hydroxyl groups is 1. The van der Waals surface area contributed by atoms with E-state index in [9.17, 15) is 23.1 Å². The van der Waals surface area contributed by atoms with E-state index >= 15 is 0 Å². The molecule has 12 heteroatoms. The number of nitrogens with zero attached hydrogens (tertiary/aromatic N) is 3. The van der Waals surface area contributed by atoms with Gasteiger partial charge in [-0.3, -0.25) is 9.59 Å². The Bertz CT molecular complexity index is 1430. The predicted molar refractivity (Wildman–Crippen MR) is 166 cm³/mol. The van der Waals surface area contributed by atoms with E-state index in [4.69, 9.17) is 0 Å². The smallest absolute Gasteiger partial charge is 0.245 e. The predicted octanol–water partition coefficient (Wildman–Crippen LogP) is 3.08. The molecule has 0 radical (unpaired) electrons. The number of likely N-dealkylation sites (N-methyl/N-ethyl adjacent to an activating group) is 1. The van der Waals surface area contributed by atoms with Crippen LogP contribution in [0, 0.1) is 11.8 Å². The number of nitrogens with one attached hydrogen (secondary N) is 2. The van der Waals surface area contributed by atoms with Crippen LogP contribution in [-0.4, -0.2) is 85.5 Å². The van der Waals surface area contributed by atoms with Gasteiger partial charge in [-0.05, 0) is 49.7 Å². The summed E-state index contributed by atoms with van der Waals surface area (Å²) < 4.78 is 30.2. The van der Waals surface area contributed by atoms with Gasteiger partial charge >= 0.3 is 0 Å². The van der Waals surface area contributed by atoms with Crippen LogP contribution in [0.4, 0.5) is 0 Å². The summed E-state index contributed by atoms with van der Waals surface area (Å²) in [5.74, 6) is -0.523. The Morgan fingerprint density at radius 1 is 1.05 bits per heavy atom. The maximum Gasteiger partial charge on any atom is 0.245 e.